The summed E-state index contributed by atoms with van der Waals surface area (Å²) >= 11 is 0.184. The monoisotopic (exact) mass is 177 g/mol. The molecule has 0 aliphatic carbocycles. The zero-order chi connectivity index (χ0) is 5.82. The minimum atomic E-state index is 0.184. The molecule has 0 radical (unpaired) electrons. The van der Waals surface area contributed by atoms with E-state index in [2.05, 4.69) is 4.98 Å². The van der Waals surface area contributed by atoms with Crippen LogP contribution in [-0.2, 0) is 3.82 Å². The van der Waals surface area contributed by atoms with Crippen molar-refractivity contribution in [3.8, 4) is 0 Å². The van der Waals surface area contributed by atoms with E-state index in [1.54, 1.807) is 7.11 Å². The first-order valence-electron chi connectivity index (χ1n) is 2.27. The molecule has 8 heavy (non-hydrogen) atoms. The summed E-state index contributed by atoms with van der Waals surface area (Å²) in [4.78, 5) is 3.04. The fourth-order valence-corrected chi connectivity index (χ4v) is 1.36. The molecule has 0 spiro atoms. The molecule has 1 N–H and O–H groups in total. The van der Waals surface area contributed by atoms with Gasteiger partial charge in [-0.1, -0.05) is 0 Å². The zero-order valence-electron chi connectivity index (χ0n) is 4.55. The quantitative estimate of drug-likeness (QED) is 0.625. The average Bonchev–Trinajstić information content (AvgIpc) is 2.19. The molecular formula is C5H7NOSe. The van der Waals surface area contributed by atoms with E-state index in [1.165, 1.54) is 4.59 Å². The fraction of sp³-hybridized carbons (Fsp3) is 0.200. The normalized spacial score (nSPS) is 9.62. The van der Waals surface area contributed by atoms with Gasteiger partial charge in [0.2, 0.25) is 0 Å². The summed E-state index contributed by atoms with van der Waals surface area (Å²) in [7, 11) is 1.71. The van der Waals surface area contributed by atoms with Crippen LogP contribution in [0, 0.1) is 0 Å². The Balaban J connectivity index is 2.50. The van der Waals surface area contributed by atoms with Gasteiger partial charge in [0.15, 0.2) is 0 Å². The van der Waals surface area contributed by atoms with Crippen molar-refractivity contribution < 1.29 is 3.82 Å². The summed E-state index contributed by atoms with van der Waals surface area (Å²) < 4.78 is 6.10. The second-order valence-electron chi connectivity index (χ2n) is 1.28. The van der Waals surface area contributed by atoms with Crippen molar-refractivity contribution in [3.05, 3.63) is 18.3 Å². The van der Waals surface area contributed by atoms with E-state index in [1.807, 2.05) is 18.3 Å². The van der Waals surface area contributed by atoms with Crippen molar-refractivity contribution >= 4 is 19.9 Å². The molecule has 0 fully saturated rings. The van der Waals surface area contributed by atoms with E-state index in [9.17, 15) is 0 Å². The standard InChI is InChI=1S/C5H7NOSe/c1-7-8-5-3-2-4-6-5/h2-4,6H,1H3. The SMILES string of the molecule is CO[Se]c1ccc[nH]1. The van der Waals surface area contributed by atoms with Gasteiger partial charge in [0, 0.05) is 0 Å². The third kappa shape index (κ3) is 1.37. The topological polar surface area (TPSA) is 25.0 Å². The van der Waals surface area contributed by atoms with Crippen LogP contribution in [0.25, 0.3) is 0 Å². The van der Waals surface area contributed by atoms with Gasteiger partial charge >= 0.3 is 54.1 Å². The van der Waals surface area contributed by atoms with Crippen LogP contribution in [0.15, 0.2) is 18.3 Å². The summed E-state index contributed by atoms with van der Waals surface area (Å²) in [5, 5.41) is 0. The molecule has 0 unspecified atom stereocenters. The van der Waals surface area contributed by atoms with Crippen LogP contribution < -0.4 is 4.59 Å². The number of aromatic amines is 1. The van der Waals surface area contributed by atoms with Crippen molar-refractivity contribution in [2.24, 2.45) is 0 Å². The maximum absolute atomic E-state index is 4.92. The van der Waals surface area contributed by atoms with Gasteiger partial charge < -0.3 is 0 Å². The van der Waals surface area contributed by atoms with Crippen LogP contribution in [0.3, 0.4) is 0 Å². The number of hydrogen-bond donors (Lipinski definition) is 1. The summed E-state index contributed by atoms with van der Waals surface area (Å²) in [6.45, 7) is 0. The first-order valence-corrected chi connectivity index (χ1v) is 3.83. The molecule has 3 heteroatoms. The molecule has 1 rings (SSSR count). The average molecular weight is 176 g/mol. The van der Waals surface area contributed by atoms with E-state index in [4.69, 9.17) is 3.82 Å². The third-order valence-corrected chi connectivity index (χ3v) is 2.00. The Bertz CT molecular complexity index is 138. The van der Waals surface area contributed by atoms with Gasteiger partial charge in [0.1, 0.15) is 0 Å². The molecule has 0 aliphatic heterocycles. The number of aromatic nitrogens is 1. The molecule has 0 amide bonds. The van der Waals surface area contributed by atoms with Crippen LogP contribution in [0.1, 0.15) is 0 Å². The molecule has 0 aliphatic rings. The van der Waals surface area contributed by atoms with Crippen LogP contribution in [0.4, 0.5) is 0 Å². The number of hydrogen-bond acceptors (Lipinski definition) is 1. The zero-order valence-corrected chi connectivity index (χ0v) is 6.26. The van der Waals surface area contributed by atoms with Crippen molar-refractivity contribution in [1.29, 1.82) is 0 Å². The first-order chi connectivity index (χ1) is 3.93. The van der Waals surface area contributed by atoms with E-state index in [-0.39, 0.29) is 15.3 Å². The predicted molar refractivity (Wildman–Crippen MR) is 33.2 cm³/mol. The minimum absolute atomic E-state index is 0.184. The van der Waals surface area contributed by atoms with Crippen molar-refractivity contribution in [2.45, 2.75) is 0 Å². The van der Waals surface area contributed by atoms with Crippen molar-refractivity contribution in [1.82, 2.24) is 4.98 Å². The molecular weight excluding hydrogens is 169 g/mol. The fourth-order valence-electron chi connectivity index (χ4n) is 0.455. The third-order valence-electron chi connectivity index (χ3n) is 0.743. The van der Waals surface area contributed by atoms with E-state index < -0.39 is 0 Å². The molecule has 2 nitrogen and oxygen atoms in total. The van der Waals surface area contributed by atoms with Gasteiger partial charge in [-0.2, -0.15) is 0 Å². The molecule has 0 atom stereocenters. The van der Waals surface area contributed by atoms with Crippen molar-refractivity contribution in [3.63, 3.8) is 0 Å². The number of rotatable bonds is 2. The van der Waals surface area contributed by atoms with Gasteiger partial charge in [0.25, 0.3) is 0 Å². The van der Waals surface area contributed by atoms with Gasteiger partial charge in [-0.3, -0.25) is 0 Å². The summed E-state index contributed by atoms with van der Waals surface area (Å²) in [6, 6.07) is 3.99. The van der Waals surface area contributed by atoms with E-state index >= 15 is 0 Å². The summed E-state index contributed by atoms with van der Waals surface area (Å²) in [5.74, 6) is 0. The second-order valence-corrected chi connectivity index (χ2v) is 3.26. The van der Waals surface area contributed by atoms with E-state index in [0.29, 0.717) is 0 Å². The predicted octanol–water partition coefficient (Wildman–Crippen LogP) is -0.0944. The van der Waals surface area contributed by atoms with E-state index in [0.717, 1.165) is 0 Å². The summed E-state index contributed by atoms with van der Waals surface area (Å²) in [6.07, 6.45) is 1.90. The van der Waals surface area contributed by atoms with Crippen molar-refractivity contribution in [2.75, 3.05) is 7.11 Å². The van der Waals surface area contributed by atoms with Gasteiger partial charge in [-0.05, 0) is 0 Å². The Kier molecular flexibility index (Phi) is 2.15. The molecule has 1 heterocycles. The van der Waals surface area contributed by atoms with Crippen LogP contribution in [0.5, 0.6) is 0 Å². The van der Waals surface area contributed by atoms with Crippen LogP contribution >= 0.6 is 0 Å². The molecule has 1 aromatic heterocycles. The first kappa shape index (κ1) is 5.89. The molecule has 0 saturated heterocycles. The second kappa shape index (κ2) is 2.92. The number of nitrogens with one attached hydrogen (secondary N) is 1. The van der Waals surface area contributed by atoms with Crippen LogP contribution in [0.2, 0.25) is 0 Å². The Morgan fingerprint density at radius 1 is 1.75 bits per heavy atom. The molecule has 0 bridgehead atoms. The van der Waals surface area contributed by atoms with Crippen LogP contribution in [-0.4, -0.2) is 27.4 Å². The molecule has 44 valence electrons. The molecule has 1 aromatic rings. The Morgan fingerprint density at radius 3 is 3.12 bits per heavy atom. The van der Waals surface area contributed by atoms with Gasteiger partial charge in [0.05, 0.1) is 0 Å². The van der Waals surface area contributed by atoms with Gasteiger partial charge in [-0.15, -0.1) is 0 Å². The Hall–Kier alpha value is -0.241. The molecule has 0 saturated carbocycles. The number of H-pyrrole nitrogens is 1. The molecule has 0 aromatic carbocycles. The summed E-state index contributed by atoms with van der Waals surface area (Å²) in [5.41, 5.74) is 0. The Morgan fingerprint density at radius 2 is 2.62 bits per heavy atom. The maximum atomic E-state index is 4.92. The Labute approximate surface area is 54.7 Å². The van der Waals surface area contributed by atoms with Gasteiger partial charge in [-0.25, -0.2) is 0 Å².